The standard InChI is InChI=1S/C19H11NO3/c21-19-15-9-4-7-12-6-3-8-14(18(12)15)16(19)11-13-5-1-2-10-17(13)20(22)23/h1-11H/b16-11+. The predicted octanol–water partition coefficient (Wildman–Crippen LogP) is 3.25. The van der Waals surface area contributed by atoms with Gasteiger partial charge in [0, 0.05) is 22.1 Å². The van der Waals surface area contributed by atoms with Crippen LogP contribution in [0.5, 0.6) is 0 Å². The minimum Gasteiger partial charge on any atom is -0.289 e. The average Bonchev–Trinajstić information content (AvgIpc) is 2.83. The van der Waals surface area contributed by atoms with Gasteiger partial charge in [-0.15, -0.1) is 0 Å². The fraction of sp³-hybridized carbons (Fsp3) is 0. The number of benzene rings is 3. The lowest BCUT2D eigenvalue weighted by atomic mass is 10.1. The molecule has 4 heteroatoms. The van der Waals surface area contributed by atoms with Gasteiger partial charge in [0.2, 0.25) is 0 Å². The number of nitrogens with zero attached hydrogens (tertiary/aromatic N) is 1. The number of para-hydroxylation sites is 1. The van der Waals surface area contributed by atoms with Gasteiger partial charge >= 0.3 is 0 Å². The van der Waals surface area contributed by atoms with E-state index in [4.69, 9.17) is 0 Å². The van der Waals surface area contributed by atoms with Crippen molar-refractivity contribution in [2.24, 2.45) is 0 Å². The zero-order valence-corrected chi connectivity index (χ0v) is 12.0. The van der Waals surface area contributed by atoms with Crippen molar-refractivity contribution >= 4 is 33.3 Å². The first-order valence-electron chi connectivity index (χ1n) is 7.19. The smallest absolute Gasteiger partial charge is 0.276 e. The van der Waals surface area contributed by atoms with E-state index >= 15 is 0 Å². The summed E-state index contributed by atoms with van der Waals surface area (Å²) in [6.07, 6.45) is 1.62. The lowest BCUT2D eigenvalue weighted by molar-refractivity contribution is -0.385. The van der Waals surface area contributed by atoms with E-state index in [9.17, 15) is 14.9 Å². The first-order chi connectivity index (χ1) is 11.2. The van der Waals surface area contributed by atoms with Crippen LogP contribution in [-0.2, 0) is 0 Å². The Morgan fingerprint density at radius 2 is 1.57 bits per heavy atom. The van der Waals surface area contributed by atoms with E-state index in [2.05, 4.69) is 0 Å². The molecule has 0 fully saturated rings. The Morgan fingerprint density at radius 1 is 0.870 bits per heavy atom. The fourth-order valence-electron chi connectivity index (χ4n) is 3.10. The number of nitro benzene ring substituents is 1. The van der Waals surface area contributed by atoms with Gasteiger partial charge in [-0.2, -0.15) is 0 Å². The van der Waals surface area contributed by atoms with Crippen molar-refractivity contribution < 1.29 is 4.92 Å². The van der Waals surface area contributed by atoms with Crippen LogP contribution in [0.25, 0.3) is 27.6 Å². The molecule has 23 heavy (non-hydrogen) atoms. The fourth-order valence-corrected chi connectivity index (χ4v) is 3.10. The van der Waals surface area contributed by atoms with Crippen LogP contribution < -0.4 is 10.6 Å². The third-order valence-corrected chi connectivity index (χ3v) is 4.12. The first-order valence-corrected chi connectivity index (χ1v) is 7.19. The summed E-state index contributed by atoms with van der Waals surface area (Å²) >= 11 is 0. The van der Waals surface area contributed by atoms with E-state index < -0.39 is 4.92 Å². The van der Waals surface area contributed by atoms with Crippen molar-refractivity contribution in [2.75, 3.05) is 0 Å². The van der Waals surface area contributed by atoms with Crippen LogP contribution in [0, 0.1) is 10.1 Å². The Bertz CT molecular complexity index is 1160. The van der Waals surface area contributed by atoms with E-state index in [0.29, 0.717) is 16.2 Å². The maximum atomic E-state index is 12.7. The molecule has 4 aromatic rings. The Morgan fingerprint density at radius 3 is 2.30 bits per heavy atom. The summed E-state index contributed by atoms with van der Waals surface area (Å²) in [7, 11) is 0. The zero-order chi connectivity index (χ0) is 16.0. The second kappa shape index (κ2) is 4.88. The second-order valence-electron chi connectivity index (χ2n) is 5.41. The second-order valence-corrected chi connectivity index (χ2v) is 5.41. The monoisotopic (exact) mass is 301 g/mol. The molecule has 0 aliphatic heterocycles. The molecule has 0 saturated heterocycles. The normalized spacial score (nSPS) is 12.3. The van der Waals surface area contributed by atoms with Crippen molar-refractivity contribution in [3.8, 4) is 0 Å². The molecular formula is C19H11NO3. The summed E-state index contributed by atoms with van der Waals surface area (Å²) < 4.78 is 0. The molecule has 4 aromatic carbocycles. The zero-order valence-electron chi connectivity index (χ0n) is 12.0. The van der Waals surface area contributed by atoms with Crippen molar-refractivity contribution in [1.82, 2.24) is 0 Å². The highest BCUT2D eigenvalue weighted by Gasteiger charge is 2.14. The number of nitro groups is 1. The summed E-state index contributed by atoms with van der Waals surface area (Å²) in [6.45, 7) is 0. The topological polar surface area (TPSA) is 60.2 Å². The van der Waals surface area contributed by atoms with Crippen LogP contribution in [0.15, 0.2) is 65.5 Å². The Labute approximate surface area is 130 Å². The molecule has 110 valence electrons. The molecule has 0 amide bonds. The minimum atomic E-state index is -0.431. The number of hydrogen-bond acceptors (Lipinski definition) is 3. The maximum Gasteiger partial charge on any atom is 0.276 e. The minimum absolute atomic E-state index is 0.00377. The Balaban J connectivity index is 2.16. The highest BCUT2D eigenvalue weighted by Crippen LogP contribution is 2.23. The van der Waals surface area contributed by atoms with Gasteiger partial charge in [0.05, 0.1) is 10.5 Å². The van der Waals surface area contributed by atoms with Crippen molar-refractivity contribution in [1.29, 1.82) is 0 Å². The Hall–Kier alpha value is -3.27. The molecule has 0 aliphatic carbocycles. The molecule has 0 bridgehead atoms. The predicted molar refractivity (Wildman–Crippen MR) is 90.8 cm³/mol. The highest BCUT2D eigenvalue weighted by atomic mass is 16.6. The third-order valence-electron chi connectivity index (χ3n) is 4.12. The molecule has 0 spiro atoms. The first kappa shape index (κ1) is 13.4. The maximum absolute atomic E-state index is 12.7. The van der Waals surface area contributed by atoms with Crippen LogP contribution in [0.2, 0.25) is 0 Å². The summed E-state index contributed by atoms with van der Waals surface area (Å²) in [6, 6.07) is 17.8. The summed E-state index contributed by atoms with van der Waals surface area (Å²) in [5.74, 6) is 0. The molecule has 0 unspecified atom stereocenters. The lowest BCUT2D eigenvalue weighted by Gasteiger charge is -1.97. The molecule has 4 rings (SSSR count). The van der Waals surface area contributed by atoms with Gasteiger partial charge in [-0.1, -0.05) is 48.5 Å². The summed E-state index contributed by atoms with van der Waals surface area (Å²) in [4.78, 5) is 23.5. The molecule has 0 heterocycles. The molecule has 4 nitrogen and oxygen atoms in total. The van der Waals surface area contributed by atoms with Crippen LogP contribution in [-0.4, -0.2) is 4.92 Å². The largest absolute Gasteiger partial charge is 0.289 e. The van der Waals surface area contributed by atoms with Crippen LogP contribution >= 0.6 is 0 Å². The van der Waals surface area contributed by atoms with Gasteiger partial charge in [-0.05, 0) is 22.9 Å². The molecular weight excluding hydrogens is 290 g/mol. The average molecular weight is 301 g/mol. The van der Waals surface area contributed by atoms with E-state index in [0.717, 1.165) is 16.2 Å². The molecule has 0 aliphatic rings. The van der Waals surface area contributed by atoms with Crippen molar-refractivity contribution in [3.05, 3.63) is 91.8 Å². The van der Waals surface area contributed by atoms with E-state index in [1.165, 1.54) is 6.07 Å². The van der Waals surface area contributed by atoms with Crippen LogP contribution in [0.4, 0.5) is 5.69 Å². The lowest BCUT2D eigenvalue weighted by Crippen LogP contribution is -2.19. The van der Waals surface area contributed by atoms with E-state index in [-0.39, 0.29) is 11.1 Å². The number of rotatable bonds is 2. The molecule has 0 atom stereocenters. The van der Waals surface area contributed by atoms with Gasteiger partial charge in [-0.3, -0.25) is 14.9 Å². The molecule has 0 aromatic heterocycles. The van der Waals surface area contributed by atoms with Crippen molar-refractivity contribution in [2.45, 2.75) is 0 Å². The summed E-state index contributed by atoms with van der Waals surface area (Å²) in [5.41, 5.74) is 0.344. The van der Waals surface area contributed by atoms with Gasteiger partial charge in [0.25, 0.3) is 5.69 Å². The summed E-state index contributed by atoms with van der Waals surface area (Å²) in [5, 5.41) is 15.1. The van der Waals surface area contributed by atoms with Gasteiger partial charge in [0.15, 0.2) is 5.43 Å². The Kier molecular flexibility index (Phi) is 2.84. The SMILES string of the molecule is O=c1/c(=C/c2ccccc2[N+](=O)[O-])c2cccc3cccc1c32. The van der Waals surface area contributed by atoms with Gasteiger partial charge in [0.1, 0.15) is 0 Å². The molecule has 0 radical (unpaired) electrons. The van der Waals surface area contributed by atoms with Gasteiger partial charge < -0.3 is 0 Å². The quantitative estimate of drug-likeness (QED) is 0.422. The van der Waals surface area contributed by atoms with Crippen molar-refractivity contribution in [3.63, 3.8) is 0 Å². The van der Waals surface area contributed by atoms with E-state index in [1.807, 2.05) is 30.3 Å². The van der Waals surface area contributed by atoms with Crippen LogP contribution in [0.1, 0.15) is 5.56 Å². The third kappa shape index (κ3) is 1.96. The molecule has 0 N–H and O–H groups in total. The van der Waals surface area contributed by atoms with Crippen LogP contribution in [0.3, 0.4) is 0 Å². The highest BCUT2D eigenvalue weighted by molar-refractivity contribution is 6.12. The molecule has 0 saturated carbocycles. The van der Waals surface area contributed by atoms with Gasteiger partial charge in [-0.25, -0.2) is 0 Å². The number of hydrogen-bond donors (Lipinski definition) is 0. The van der Waals surface area contributed by atoms with E-state index in [1.54, 1.807) is 30.3 Å².